The molecule has 2 aromatic heterocycles. The van der Waals surface area contributed by atoms with Gasteiger partial charge >= 0.3 is 0 Å². The molecule has 0 saturated heterocycles. The number of hydrogen-bond acceptors (Lipinski definition) is 4. The molecule has 26 heavy (non-hydrogen) atoms. The van der Waals surface area contributed by atoms with Crippen molar-refractivity contribution in [2.45, 2.75) is 38.0 Å². The van der Waals surface area contributed by atoms with Crippen LogP contribution in [0, 0.1) is 0 Å². The van der Waals surface area contributed by atoms with Crippen LogP contribution in [0.5, 0.6) is 0 Å². The van der Waals surface area contributed by atoms with Crippen LogP contribution in [0.15, 0.2) is 29.6 Å². The molecule has 1 saturated carbocycles. The summed E-state index contributed by atoms with van der Waals surface area (Å²) in [6.07, 6.45) is 6.32. The fourth-order valence-corrected chi connectivity index (χ4v) is 4.32. The van der Waals surface area contributed by atoms with Crippen LogP contribution >= 0.6 is 11.3 Å². The van der Waals surface area contributed by atoms with Gasteiger partial charge in [-0.05, 0) is 36.4 Å². The normalized spacial score (nSPS) is 15.3. The van der Waals surface area contributed by atoms with Gasteiger partial charge in [0.05, 0.1) is 27.3 Å². The number of imidazole rings is 1. The first-order chi connectivity index (χ1) is 12.6. The zero-order chi connectivity index (χ0) is 18.1. The van der Waals surface area contributed by atoms with Crippen molar-refractivity contribution in [3.63, 3.8) is 0 Å². The maximum atomic E-state index is 12.5. The molecule has 5 nitrogen and oxygen atoms in total. The van der Waals surface area contributed by atoms with Crippen LogP contribution in [0.3, 0.4) is 0 Å². The second-order valence-corrected chi connectivity index (χ2v) is 8.12. The molecular weight excluding hydrogens is 344 g/mol. The van der Waals surface area contributed by atoms with Crippen LogP contribution in [-0.2, 0) is 0 Å². The summed E-state index contributed by atoms with van der Waals surface area (Å²) in [5.74, 6) is 1.55. The molecule has 2 N–H and O–H groups in total. The zero-order valence-electron chi connectivity index (χ0n) is 15.2. The number of amides is 1. The average Bonchev–Trinajstić information content (AvgIpc) is 3.31. The van der Waals surface area contributed by atoms with Crippen LogP contribution in [0.1, 0.15) is 53.5 Å². The minimum Gasteiger partial charge on any atom is -0.376 e. The molecule has 136 valence electrons. The van der Waals surface area contributed by atoms with E-state index in [4.69, 9.17) is 4.98 Å². The number of aromatic amines is 1. The van der Waals surface area contributed by atoms with Gasteiger partial charge in [-0.3, -0.25) is 4.79 Å². The van der Waals surface area contributed by atoms with Gasteiger partial charge < -0.3 is 15.2 Å². The van der Waals surface area contributed by atoms with Crippen LogP contribution < -0.4 is 10.2 Å². The third kappa shape index (κ3) is 3.33. The number of rotatable bonds is 4. The molecule has 0 aliphatic heterocycles. The van der Waals surface area contributed by atoms with Crippen LogP contribution in [0.25, 0.3) is 11.0 Å². The standard InChI is InChI=1S/C20H24N4OS/c1-24(2)17-12-15-14(21-19(22-15)13-7-4-3-5-8-13)11-16(17)23-20(25)18-9-6-10-26-18/h6,9-13H,3-5,7-8H2,1-2H3,(H,21,22)(H,23,25). The fourth-order valence-electron chi connectivity index (χ4n) is 3.70. The van der Waals surface area contributed by atoms with Gasteiger partial charge in [-0.25, -0.2) is 4.98 Å². The maximum absolute atomic E-state index is 12.5. The number of fused-ring (bicyclic) bond motifs is 1. The number of anilines is 2. The molecule has 1 aromatic carbocycles. The Morgan fingerprint density at radius 1 is 1.27 bits per heavy atom. The number of nitrogens with one attached hydrogen (secondary N) is 2. The molecule has 6 heteroatoms. The van der Waals surface area contributed by atoms with Crippen molar-refractivity contribution in [3.8, 4) is 0 Å². The van der Waals surface area contributed by atoms with Gasteiger partial charge in [0.25, 0.3) is 5.91 Å². The first-order valence-electron chi connectivity index (χ1n) is 9.17. The van der Waals surface area contributed by atoms with E-state index in [0.717, 1.165) is 28.2 Å². The summed E-state index contributed by atoms with van der Waals surface area (Å²) in [6.45, 7) is 0. The maximum Gasteiger partial charge on any atom is 0.265 e. The highest BCUT2D eigenvalue weighted by Crippen LogP contribution is 2.35. The van der Waals surface area contributed by atoms with E-state index in [-0.39, 0.29) is 5.91 Å². The molecule has 1 amide bonds. The number of benzene rings is 1. The Hall–Kier alpha value is -2.34. The van der Waals surface area contributed by atoms with Crippen LogP contribution in [-0.4, -0.2) is 30.0 Å². The van der Waals surface area contributed by atoms with Crippen LogP contribution in [0.2, 0.25) is 0 Å². The summed E-state index contributed by atoms with van der Waals surface area (Å²) in [6, 6.07) is 7.80. The lowest BCUT2D eigenvalue weighted by Crippen LogP contribution is -2.16. The molecule has 0 spiro atoms. The largest absolute Gasteiger partial charge is 0.376 e. The second kappa shape index (κ2) is 7.11. The van der Waals surface area contributed by atoms with E-state index in [1.165, 1.54) is 43.4 Å². The van der Waals surface area contributed by atoms with Crippen molar-refractivity contribution in [1.29, 1.82) is 0 Å². The quantitative estimate of drug-likeness (QED) is 0.682. The third-order valence-electron chi connectivity index (χ3n) is 5.08. The van der Waals surface area contributed by atoms with E-state index in [9.17, 15) is 4.79 Å². The van der Waals surface area contributed by atoms with E-state index in [1.807, 2.05) is 42.6 Å². The number of carbonyl (C=O) groups is 1. The number of aromatic nitrogens is 2. The molecule has 1 aliphatic carbocycles. The van der Waals surface area contributed by atoms with Crippen molar-refractivity contribution in [2.24, 2.45) is 0 Å². The fraction of sp³-hybridized carbons (Fsp3) is 0.400. The van der Waals surface area contributed by atoms with E-state index in [1.54, 1.807) is 0 Å². The summed E-state index contributed by atoms with van der Waals surface area (Å²) in [5.41, 5.74) is 3.71. The Balaban J connectivity index is 1.69. The highest BCUT2D eigenvalue weighted by molar-refractivity contribution is 7.12. The minimum absolute atomic E-state index is 0.0746. The van der Waals surface area contributed by atoms with Crippen molar-refractivity contribution < 1.29 is 4.79 Å². The highest BCUT2D eigenvalue weighted by Gasteiger charge is 2.20. The number of nitrogens with zero attached hydrogens (tertiary/aromatic N) is 2. The first-order valence-corrected chi connectivity index (χ1v) is 10.1. The molecule has 0 unspecified atom stereocenters. The molecule has 4 rings (SSSR count). The van der Waals surface area contributed by atoms with Gasteiger partial charge in [0.1, 0.15) is 5.82 Å². The molecule has 0 atom stereocenters. The van der Waals surface area contributed by atoms with Crippen LogP contribution in [0.4, 0.5) is 11.4 Å². The lowest BCUT2D eigenvalue weighted by atomic mass is 9.89. The third-order valence-corrected chi connectivity index (χ3v) is 5.95. The van der Waals surface area contributed by atoms with E-state index < -0.39 is 0 Å². The molecule has 1 fully saturated rings. The summed E-state index contributed by atoms with van der Waals surface area (Å²) in [7, 11) is 3.97. The van der Waals surface area contributed by atoms with Gasteiger partial charge in [-0.1, -0.05) is 25.3 Å². The highest BCUT2D eigenvalue weighted by atomic mass is 32.1. The topological polar surface area (TPSA) is 61.0 Å². The van der Waals surface area contributed by atoms with Gasteiger partial charge in [-0.2, -0.15) is 0 Å². The molecular formula is C20H24N4OS. The molecule has 0 bridgehead atoms. The summed E-state index contributed by atoms with van der Waals surface area (Å²) < 4.78 is 0. The first kappa shape index (κ1) is 17.1. The average molecular weight is 369 g/mol. The Morgan fingerprint density at radius 3 is 2.77 bits per heavy atom. The summed E-state index contributed by atoms with van der Waals surface area (Å²) in [5, 5.41) is 4.97. The predicted molar refractivity (Wildman–Crippen MR) is 109 cm³/mol. The second-order valence-electron chi connectivity index (χ2n) is 7.17. The number of hydrogen-bond donors (Lipinski definition) is 2. The van der Waals surface area contributed by atoms with Crippen molar-refractivity contribution >= 4 is 39.7 Å². The van der Waals surface area contributed by atoms with E-state index in [2.05, 4.69) is 16.4 Å². The Bertz CT molecular complexity index is 907. The number of H-pyrrole nitrogens is 1. The lowest BCUT2D eigenvalue weighted by molar-refractivity contribution is 0.103. The minimum atomic E-state index is -0.0746. The molecule has 3 aromatic rings. The monoisotopic (exact) mass is 368 g/mol. The smallest absolute Gasteiger partial charge is 0.265 e. The van der Waals surface area contributed by atoms with E-state index in [0.29, 0.717) is 10.8 Å². The Labute approximate surface area is 157 Å². The molecule has 2 heterocycles. The Kier molecular flexibility index (Phi) is 4.68. The Morgan fingerprint density at radius 2 is 2.08 bits per heavy atom. The molecule has 0 radical (unpaired) electrons. The summed E-state index contributed by atoms with van der Waals surface area (Å²) in [4.78, 5) is 23.6. The SMILES string of the molecule is CN(C)c1cc2nc(C3CCCCC3)[nH]c2cc1NC(=O)c1cccs1. The predicted octanol–water partition coefficient (Wildman–Crippen LogP) is 4.99. The van der Waals surface area contributed by atoms with Crippen molar-refractivity contribution in [2.75, 3.05) is 24.3 Å². The lowest BCUT2D eigenvalue weighted by Gasteiger charge is -2.18. The zero-order valence-corrected chi connectivity index (χ0v) is 16.0. The van der Waals surface area contributed by atoms with Gasteiger partial charge in [0.15, 0.2) is 0 Å². The number of thiophene rings is 1. The van der Waals surface area contributed by atoms with Gasteiger partial charge in [0, 0.05) is 20.0 Å². The number of carbonyl (C=O) groups excluding carboxylic acids is 1. The van der Waals surface area contributed by atoms with Crippen molar-refractivity contribution in [3.05, 3.63) is 40.3 Å². The van der Waals surface area contributed by atoms with Gasteiger partial charge in [0.2, 0.25) is 0 Å². The van der Waals surface area contributed by atoms with Gasteiger partial charge in [-0.15, -0.1) is 11.3 Å². The van der Waals surface area contributed by atoms with E-state index >= 15 is 0 Å². The summed E-state index contributed by atoms with van der Waals surface area (Å²) >= 11 is 1.45. The van der Waals surface area contributed by atoms with Crippen molar-refractivity contribution in [1.82, 2.24) is 9.97 Å². The molecule has 1 aliphatic rings.